The van der Waals surface area contributed by atoms with E-state index in [4.69, 9.17) is 10.3 Å². The zero-order valence-electron chi connectivity index (χ0n) is 8.27. The van der Waals surface area contributed by atoms with Crippen LogP contribution in [-0.4, -0.2) is 28.2 Å². The molecule has 1 saturated heterocycles. The minimum atomic E-state index is 0.196. The Bertz CT molecular complexity index is 296. The topological polar surface area (TPSA) is 64.9 Å². The van der Waals surface area contributed by atoms with Crippen LogP contribution in [0.3, 0.4) is 0 Å². The van der Waals surface area contributed by atoms with E-state index in [1.54, 1.807) is 0 Å². The summed E-state index contributed by atoms with van der Waals surface area (Å²) >= 11 is 1.95. The number of hydrogen-bond donors (Lipinski definition) is 1. The van der Waals surface area contributed by atoms with Gasteiger partial charge in [0.2, 0.25) is 5.89 Å². The van der Waals surface area contributed by atoms with E-state index in [2.05, 4.69) is 10.1 Å². The fraction of sp³-hybridized carbons (Fsp3) is 0.778. The van der Waals surface area contributed by atoms with E-state index < -0.39 is 0 Å². The summed E-state index contributed by atoms with van der Waals surface area (Å²) < 4.78 is 5.24. The van der Waals surface area contributed by atoms with Crippen molar-refractivity contribution in [1.29, 1.82) is 0 Å². The maximum atomic E-state index is 5.54. The monoisotopic (exact) mass is 213 g/mol. The van der Waals surface area contributed by atoms with Crippen LogP contribution < -0.4 is 5.73 Å². The lowest BCUT2D eigenvalue weighted by Gasteiger charge is -2.00. The van der Waals surface area contributed by atoms with Crippen LogP contribution in [0.2, 0.25) is 0 Å². The first-order valence-electron chi connectivity index (χ1n) is 4.92. The van der Waals surface area contributed by atoms with Gasteiger partial charge in [-0.15, -0.1) is 0 Å². The molecule has 1 aliphatic rings. The summed E-state index contributed by atoms with van der Waals surface area (Å²) in [5, 5.41) is 3.96. The Morgan fingerprint density at radius 3 is 3.21 bits per heavy atom. The zero-order chi connectivity index (χ0) is 9.97. The molecule has 0 spiro atoms. The molecule has 2 unspecified atom stereocenters. The van der Waals surface area contributed by atoms with Crippen molar-refractivity contribution < 1.29 is 4.52 Å². The number of aromatic nitrogens is 2. The van der Waals surface area contributed by atoms with E-state index in [0.717, 1.165) is 23.9 Å². The molecule has 0 aliphatic carbocycles. The molecule has 0 amide bonds. The van der Waals surface area contributed by atoms with Crippen LogP contribution >= 0.6 is 11.8 Å². The summed E-state index contributed by atoms with van der Waals surface area (Å²) in [6.45, 7) is 2.58. The Balaban J connectivity index is 2.08. The Morgan fingerprint density at radius 1 is 1.71 bits per heavy atom. The molecule has 1 fully saturated rings. The SMILES string of the molecule is CC(CN)c1noc(C2CCSC2)n1. The van der Waals surface area contributed by atoms with Crippen molar-refractivity contribution in [3.8, 4) is 0 Å². The van der Waals surface area contributed by atoms with Crippen molar-refractivity contribution in [2.24, 2.45) is 5.73 Å². The molecule has 0 radical (unpaired) electrons. The summed E-state index contributed by atoms with van der Waals surface area (Å²) in [7, 11) is 0. The van der Waals surface area contributed by atoms with Crippen molar-refractivity contribution in [1.82, 2.24) is 10.1 Å². The molecule has 2 N–H and O–H groups in total. The molecule has 0 saturated carbocycles. The Morgan fingerprint density at radius 2 is 2.57 bits per heavy atom. The van der Waals surface area contributed by atoms with E-state index in [1.807, 2.05) is 18.7 Å². The highest BCUT2D eigenvalue weighted by atomic mass is 32.2. The second-order valence-corrected chi connectivity index (χ2v) is 4.84. The second-order valence-electron chi connectivity index (χ2n) is 3.69. The molecule has 1 aliphatic heterocycles. The maximum Gasteiger partial charge on any atom is 0.230 e. The summed E-state index contributed by atoms with van der Waals surface area (Å²) in [6, 6.07) is 0. The second kappa shape index (κ2) is 4.31. The fourth-order valence-corrected chi connectivity index (χ4v) is 2.66. The third kappa shape index (κ3) is 1.93. The van der Waals surface area contributed by atoms with Gasteiger partial charge in [-0.3, -0.25) is 0 Å². The van der Waals surface area contributed by atoms with Gasteiger partial charge in [0, 0.05) is 24.1 Å². The van der Waals surface area contributed by atoms with Gasteiger partial charge in [-0.1, -0.05) is 12.1 Å². The fourth-order valence-electron chi connectivity index (χ4n) is 1.45. The average molecular weight is 213 g/mol. The lowest BCUT2D eigenvalue weighted by molar-refractivity contribution is 0.354. The van der Waals surface area contributed by atoms with Gasteiger partial charge in [0.15, 0.2) is 5.82 Å². The molecular formula is C9H15N3OS. The summed E-state index contributed by atoms with van der Waals surface area (Å²) in [4.78, 5) is 4.39. The number of thioether (sulfide) groups is 1. The van der Waals surface area contributed by atoms with E-state index in [9.17, 15) is 0 Å². The Kier molecular flexibility index (Phi) is 3.08. The first kappa shape index (κ1) is 9.98. The molecule has 0 bridgehead atoms. The van der Waals surface area contributed by atoms with Gasteiger partial charge in [-0.2, -0.15) is 16.7 Å². The third-order valence-corrected chi connectivity index (χ3v) is 3.69. The average Bonchev–Trinajstić information content (AvgIpc) is 2.86. The van der Waals surface area contributed by atoms with Crippen LogP contribution in [0.15, 0.2) is 4.52 Å². The van der Waals surface area contributed by atoms with E-state index >= 15 is 0 Å². The van der Waals surface area contributed by atoms with Crippen LogP contribution in [0, 0.1) is 0 Å². The standard InChI is InChI=1S/C9H15N3OS/c1-6(4-10)8-11-9(13-12-8)7-2-3-14-5-7/h6-7H,2-5,10H2,1H3. The van der Waals surface area contributed by atoms with Gasteiger partial charge in [-0.25, -0.2) is 0 Å². The number of hydrogen-bond acceptors (Lipinski definition) is 5. The van der Waals surface area contributed by atoms with Crippen LogP contribution in [0.25, 0.3) is 0 Å². The molecule has 14 heavy (non-hydrogen) atoms. The molecule has 5 heteroatoms. The third-order valence-electron chi connectivity index (χ3n) is 2.53. The van der Waals surface area contributed by atoms with Gasteiger partial charge in [0.25, 0.3) is 0 Å². The van der Waals surface area contributed by atoms with Gasteiger partial charge < -0.3 is 10.3 Å². The smallest absolute Gasteiger partial charge is 0.230 e. The van der Waals surface area contributed by atoms with Crippen molar-refractivity contribution >= 4 is 11.8 Å². The van der Waals surface area contributed by atoms with Crippen LogP contribution in [0.5, 0.6) is 0 Å². The van der Waals surface area contributed by atoms with Gasteiger partial charge >= 0.3 is 0 Å². The minimum Gasteiger partial charge on any atom is -0.339 e. The number of nitrogens with zero attached hydrogens (tertiary/aromatic N) is 2. The summed E-state index contributed by atoms with van der Waals surface area (Å²) in [5.74, 6) is 4.52. The van der Waals surface area contributed by atoms with E-state index in [-0.39, 0.29) is 5.92 Å². The highest BCUT2D eigenvalue weighted by Crippen LogP contribution is 2.31. The summed E-state index contributed by atoms with van der Waals surface area (Å²) in [5.41, 5.74) is 5.54. The van der Waals surface area contributed by atoms with Crippen molar-refractivity contribution in [2.45, 2.75) is 25.2 Å². The molecule has 2 heterocycles. The number of nitrogens with two attached hydrogens (primary N) is 1. The Hall–Kier alpha value is -0.550. The van der Waals surface area contributed by atoms with E-state index in [1.165, 1.54) is 5.75 Å². The van der Waals surface area contributed by atoms with E-state index in [0.29, 0.717) is 12.5 Å². The van der Waals surface area contributed by atoms with Gasteiger partial charge in [-0.05, 0) is 12.2 Å². The predicted molar refractivity (Wildman–Crippen MR) is 56.5 cm³/mol. The molecule has 1 aromatic heterocycles. The lowest BCUT2D eigenvalue weighted by Crippen LogP contribution is -2.10. The Labute approximate surface area is 87.6 Å². The normalized spacial score (nSPS) is 24.0. The quantitative estimate of drug-likeness (QED) is 0.821. The highest BCUT2D eigenvalue weighted by molar-refractivity contribution is 7.99. The molecule has 4 nitrogen and oxygen atoms in total. The molecule has 1 aromatic rings. The van der Waals surface area contributed by atoms with Crippen LogP contribution in [-0.2, 0) is 0 Å². The number of rotatable bonds is 3. The molecular weight excluding hydrogens is 198 g/mol. The maximum absolute atomic E-state index is 5.54. The highest BCUT2D eigenvalue weighted by Gasteiger charge is 2.24. The molecule has 78 valence electrons. The summed E-state index contributed by atoms with van der Waals surface area (Å²) in [6.07, 6.45) is 1.16. The predicted octanol–water partition coefficient (Wildman–Crippen LogP) is 1.35. The molecule has 2 rings (SSSR count). The lowest BCUT2D eigenvalue weighted by atomic mass is 10.1. The minimum absolute atomic E-state index is 0.196. The van der Waals surface area contributed by atoms with Crippen LogP contribution in [0.1, 0.15) is 36.9 Å². The van der Waals surface area contributed by atoms with Crippen molar-refractivity contribution in [3.05, 3.63) is 11.7 Å². The van der Waals surface area contributed by atoms with Gasteiger partial charge in [0.05, 0.1) is 0 Å². The molecule has 0 aromatic carbocycles. The van der Waals surface area contributed by atoms with Crippen molar-refractivity contribution in [2.75, 3.05) is 18.1 Å². The molecule has 2 atom stereocenters. The largest absolute Gasteiger partial charge is 0.339 e. The van der Waals surface area contributed by atoms with Crippen molar-refractivity contribution in [3.63, 3.8) is 0 Å². The zero-order valence-corrected chi connectivity index (χ0v) is 9.09. The first-order valence-corrected chi connectivity index (χ1v) is 6.08. The first-order chi connectivity index (χ1) is 6.81. The van der Waals surface area contributed by atoms with Gasteiger partial charge in [0.1, 0.15) is 0 Å². The van der Waals surface area contributed by atoms with Crippen LogP contribution in [0.4, 0.5) is 0 Å².